The molecule has 2 aromatic heterocycles. The lowest BCUT2D eigenvalue weighted by molar-refractivity contribution is -0.384. The fourth-order valence-electron chi connectivity index (χ4n) is 5.63. The quantitative estimate of drug-likeness (QED) is 0.104. The molecule has 1 aliphatic rings. The van der Waals surface area contributed by atoms with Crippen molar-refractivity contribution in [3.8, 4) is 5.69 Å². The number of nitrogens with one attached hydrogen (secondary N) is 1. The lowest BCUT2D eigenvalue weighted by atomic mass is 9.96. The number of nitro benzene ring substituents is 1. The zero-order chi connectivity index (χ0) is 31.0. The molecule has 1 aliphatic heterocycles. The molecule has 0 unspecified atom stereocenters. The third kappa shape index (κ3) is 5.54. The van der Waals surface area contributed by atoms with E-state index in [1.54, 1.807) is 30.5 Å². The van der Waals surface area contributed by atoms with Gasteiger partial charge in [0.25, 0.3) is 5.69 Å². The minimum absolute atomic E-state index is 0.0601. The summed E-state index contributed by atoms with van der Waals surface area (Å²) in [5.41, 5.74) is 6.03. The fourth-order valence-corrected chi connectivity index (χ4v) is 6.80. The highest BCUT2D eigenvalue weighted by molar-refractivity contribution is 7.99. The van der Waals surface area contributed by atoms with Crippen LogP contribution < -0.4 is 10.2 Å². The number of hydrogen-bond donors (Lipinski definition) is 2. The van der Waals surface area contributed by atoms with Gasteiger partial charge in [-0.15, -0.1) is 0 Å². The molecule has 2 N–H and O–H groups in total. The number of nitro groups is 1. The molecule has 0 spiro atoms. The first kappa shape index (κ1) is 29.1. The Balaban J connectivity index is 1.37. The summed E-state index contributed by atoms with van der Waals surface area (Å²) in [7, 11) is 0. The van der Waals surface area contributed by atoms with Crippen LogP contribution in [0.3, 0.4) is 0 Å². The highest BCUT2D eigenvalue weighted by atomic mass is 32.2. The highest BCUT2D eigenvalue weighted by Gasteiger charge is 2.42. The molecule has 0 radical (unpaired) electrons. The van der Waals surface area contributed by atoms with Crippen LogP contribution in [0.2, 0.25) is 0 Å². The number of benzene rings is 3. The minimum Gasteiger partial charge on any atom is -0.478 e. The third-order valence-corrected chi connectivity index (χ3v) is 8.99. The molecule has 9 nitrogen and oxygen atoms in total. The van der Waals surface area contributed by atoms with E-state index in [0.29, 0.717) is 5.11 Å². The number of carbonyl (C=O) groups is 1. The van der Waals surface area contributed by atoms with Gasteiger partial charge in [-0.1, -0.05) is 17.8 Å². The predicted molar refractivity (Wildman–Crippen MR) is 174 cm³/mol. The predicted octanol–water partition coefficient (Wildman–Crippen LogP) is 7.42. The number of hydrogen-bond acceptors (Lipinski definition) is 6. The molecule has 3 aromatic carbocycles. The number of aromatic carboxylic acids is 1. The normalized spacial score (nSPS) is 16.1. The number of non-ortho nitro benzene ring substituents is 1. The summed E-state index contributed by atoms with van der Waals surface area (Å²) in [6.07, 6.45) is 1.78. The molecular formula is C33H27N5O4S2. The van der Waals surface area contributed by atoms with Crippen molar-refractivity contribution in [1.29, 1.82) is 0 Å². The molecule has 6 rings (SSSR count). The van der Waals surface area contributed by atoms with Crippen molar-refractivity contribution in [3.05, 3.63) is 142 Å². The van der Waals surface area contributed by atoms with Crippen molar-refractivity contribution >= 4 is 46.4 Å². The molecule has 0 aliphatic carbocycles. The second-order valence-electron chi connectivity index (χ2n) is 10.4. The molecule has 1 fully saturated rings. The van der Waals surface area contributed by atoms with Crippen LogP contribution in [0.4, 0.5) is 11.4 Å². The lowest BCUT2D eigenvalue weighted by Crippen LogP contribution is -2.29. The van der Waals surface area contributed by atoms with Crippen molar-refractivity contribution in [1.82, 2.24) is 14.9 Å². The lowest BCUT2D eigenvalue weighted by Gasteiger charge is -2.28. The van der Waals surface area contributed by atoms with Crippen molar-refractivity contribution < 1.29 is 14.8 Å². The molecule has 0 amide bonds. The van der Waals surface area contributed by atoms with Gasteiger partial charge in [-0.3, -0.25) is 15.1 Å². The van der Waals surface area contributed by atoms with E-state index in [9.17, 15) is 20.0 Å². The van der Waals surface area contributed by atoms with E-state index >= 15 is 0 Å². The monoisotopic (exact) mass is 621 g/mol. The smallest absolute Gasteiger partial charge is 0.335 e. The van der Waals surface area contributed by atoms with Gasteiger partial charge in [0.15, 0.2) is 5.11 Å². The number of nitrogens with zero attached hydrogens (tertiary/aromatic N) is 4. The van der Waals surface area contributed by atoms with Crippen LogP contribution in [0.5, 0.6) is 0 Å². The van der Waals surface area contributed by atoms with E-state index in [4.69, 9.17) is 12.2 Å². The first-order valence-corrected chi connectivity index (χ1v) is 15.0. The van der Waals surface area contributed by atoms with Gasteiger partial charge in [0.05, 0.1) is 28.3 Å². The van der Waals surface area contributed by atoms with Crippen LogP contribution in [0.1, 0.15) is 45.1 Å². The number of aryl methyl sites for hydroxylation is 1. The Hall–Kier alpha value is -5.00. The Morgan fingerprint density at radius 1 is 0.955 bits per heavy atom. The topological polar surface area (TPSA) is 114 Å². The van der Waals surface area contributed by atoms with Crippen LogP contribution in [-0.2, 0) is 0 Å². The Morgan fingerprint density at radius 2 is 1.59 bits per heavy atom. The molecule has 3 heterocycles. The van der Waals surface area contributed by atoms with E-state index < -0.39 is 10.9 Å². The molecule has 44 heavy (non-hydrogen) atoms. The molecule has 0 bridgehead atoms. The number of carboxylic acids is 1. The molecule has 11 heteroatoms. The summed E-state index contributed by atoms with van der Waals surface area (Å²) < 4.78 is 2.12. The summed E-state index contributed by atoms with van der Waals surface area (Å²) in [5.74, 6) is -0.963. The van der Waals surface area contributed by atoms with Crippen LogP contribution in [-0.4, -0.2) is 30.7 Å². The van der Waals surface area contributed by atoms with E-state index in [1.807, 2.05) is 61.5 Å². The van der Waals surface area contributed by atoms with Crippen LogP contribution in [0.15, 0.2) is 113 Å². The van der Waals surface area contributed by atoms with Crippen LogP contribution >= 0.6 is 24.0 Å². The molecule has 5 aromatic rings. The van der Waals surface area contributed by atoms with E-state index in [1.165, 1.54) is 23.9 Å². The highest BCUT2D eigenvalue weighted by Crippen LogP contribution is 2.44. The summed E-state index contributed by atoms with van der Waals surface area (Å²) in [4.78, 5) is 30.7. The van der Waals surface area contributed by atoms with Gasteiger partial charge >= 0.3 is 5.97 Å². The molecule has 2 atom stereocenters. The van der Waals surface area contributed by atoms with E-state index in [2.05, 4.69) is 32.8 Å². The number of pyridine rings is 1. The van der Waals surface area contributed by atoms with Crippen molar-refractivity contribution in [2.24, 2.45) is 0 Å². The van der Waals surface area contributed by atoms with Gasteiger partial charge in [0.1, 0.15) is 0 Å². The molecule has 1 saturated heterocycles. The van der Waals surface area contributed by atoms with Gasteiger partial charge in [-0.2, -0.15) is 0 Å². The molecule has 220 valence electrons. The molecular weight excluding hydrogens is 595 g/mol. The van der Waals surface area contributed by atoms with Gasteiger partial charge in [0, 0.05) is 50.9 Å². The van der Waals surface area contributed by atoms with Gasteiger partial charge < -0.3 is 19.9 Å². The number of rotatable bonds is 8. The Morgan fingerprint density at radius 3 is 2.18 bits per heavy atom. The molecule has 0 saturated carbocycles. The standard InChI is InChI=1S/C33H27N5O4S2/c1-20-19-28(21(2)36(20)23-8-6-22(7-9-23)32(39)40)31-30(29-5-3-4-18-34-29)35-33(43)37(31)24-10-14-26(15-11-24)44-27-16-12-25(13-17-27)38(41)42/h3-19,30-31H,1-2H3,(H,35,43)(H,39,40)/t30-,31+/m1/s1. The summed E-state index contributed by atoms with van der Waals surface area (Å²) in [6, 6.07) is 29.0. The summed E-state index contributed by atoms with van der Waals surface area (Å²) >= 11 is 7.45. The first-order chi connectivity index (χ1) is 21.2. The number of aromatic nitrogens is 2. The third-order valence-electron chi connectivity index (χ3n) is 7.66. The number of thiocarbonyl (C=S) groups is 1. The zero-order valence-corrected chi connectivity index (χ0v) is 25.4. The second kappa shape index (κ2) is 11.9. The summed E-state index contributed by atoms with van der Waals surface area (Å²) in [6.45, 7) is 4.10. The first-order valence-electron chi connectivity index (χ1n) is 13.8. The number of carboxylic acid groups (broad SMARTS) is 1. The summed E-state index contributed by atoms with van der Waals surface area (Å²) in [5, 5.41) is 24.5. The van der Waals surface area contributed by atoms with E-state index in [0.717, 1.165) is 43.8 Å². The average Bonchev–Trinajstić information content (AvgIpc) is 3.52. The maximum absolute atomic E-state index is 11.4. The Bertz CT molecular complexity index is 1860. The van der Waals surface area contributed by atoms with Crippen LogP contribution in [0.25, 0.3) is 5.69 Å². The Labute approximate surface area is 263 Å². The zero-order valence-electron chi connectivity index (χ0n) is 23.7. The minimum atomic E-state index is -0.963. The van der Waals surface area contributed by atoms with Gasteiger partial charge in [-0.05, 0) is 110 Å². The van der Waals surface area contributed by atoms with E-state index in [-0.39, 0.29) is 23.3 Å². The number of anilines is 1. The second-order valence-corrected chi connectivity index (χ2v) is 11.9. The van der Waals surface area contributed by atoms with Crippen LogP contribution in [0, 0.1) is 24.0 Å². The Kier molecular flexibility index (Phi) is 7.90. The van der Waals surface area contributed by atoms with Crippen molar-refractivity contribution in [2.75, 3.05) is 4.90 Å². The SMILES string of the molecule is Cc1cc([C@H]2[C@@H](c3ccccn3)NC(=S)N2c2ccc(Sc3ccc([N+](=O)[O-])cc3)cc2)c(C)n1-c1ccc(C(=O)O)cc1. The fraction of sp³-hybridized carbons (Fsp3) is 0.121. The van der Waals surface area contributed by atoms with Gasteiger partial charge in [-0.25, -0.2) is 4.79 Å². The largest absolute Gasteiger partial charge is 0.478 e. The maximum Gasteiger partial charge on any atom is 0.335 e. The van der Waals surface area contributed by atoms with Crippen molar-refractivity contribution in [3.63, 3.8) is 0 Å². The average molecular weight is 622 g/mol. The van der Waals surface area contributed by atoms with Crippen molar-refractivity contribution in [2.45, 2.75) is 35.7 Å². The maximum atomic E-state index is 11.4. The van der Waals surface area contributed by atoms with Gasteiger partial charge in [0.2, 0.25) is 0 Å².